The van der Waals surface area contributed by atoms with Crippen molar-refractivity contribution in [2.75, 3.05) is 31.6 Å². The van der Waals surface area contributed by atoms with E-state index in [2.05, 4.69) is 34.0 Å². The molecule has 2 aromatic heterocycles. The van der Waals surface area contributed by atoms with Gasteiger partial charge in [0, 0.05) is 43.4 Å². The van der Waals surface area contributed by atoms with Crippen LogP contribution in [0.25, 0.3) is 22.2 Å². The van der Waals surface area contributed by atoms with Gasteiger partial charge >= 0.3 is 0 Å². The maximum absolute atomic E-state index is 15.1. The molecule has 0 spiro atoms. The van der Waals surface area contributed by atoms with Crippen LogP contribution in [0.15, 0.2) is 24.5 Å². The van der Waals surface area contributed by atoms with E-state index in [1.165, 1.54) is 6.20 Å². The highest BCUT2D eigenvalue weighted by molar-refractivity contribution is 5.92. The second kappa shape index (κ2) is 10.3. The van der Waals surface area contributed by atoms with Crippen LogP contribution < -0.4 is 5.32 Å². The Hall–Kier alpha value is -2.75. The number of anilines is 1. The van der Waals surface area contributed by atoms with Crippen LogP contribution in [0.1, 0.15) is 49.3 Å². The summed E-state index contributed by atoms with van der Waals surface area (Å²) >= 11 is 0. The Labute approximate surface area is 209 Å². The quantitative estimate of drug-likeness (QED) is 0.523. The number of aryl methyl sites for hydroxylation is 1. The molecule has 1 aromatic carbocycles. The average Bonchev–Trinajstić information content (AvgIpc) is 3.26. The molecule has 7 nitrogen and oxygen atoms in total. The highest BCUT2D eigenvalue weighted by Crippen LogP contribution is 2.36. The molecule has 2 fully saturated rings. The number of nitrogens with one attached hydrogen (secondary N) is 1. The Bertz CT molecular complexity index is 1250. The zero-order valence-electron chi connectivity index (χ0n) is 21.0. The van der Waals surface area contributed by atoms with Crippen molar-refractivity contribution in [1.29, 1.82) is 0 Å². The van der Waals surface area contributed by atoms with Crippen molar-refractivity contribution in [2.45, 2.75) is 64.4 Å². The van der Waals surface area contributed by atoms with Gasteiger partial charge in [-0.25, -0.2) is 18.7 Å². The lowest BCUT2D eigenvalue weighted by molar-refractivity contribution is -0.0136. The normalized spacial score (nSPS) is 23.0. The topological polar surface area (TPSA) is 83.4 Å². The van der Waals surface area contributed by atoms with Gasteiger partial charge in [0.25, 0.3) is 0 Å². The first-order valence-electron chi connectivity index (χ1n) is 12.6. The highest BCUT2D eigenvalue weighted by Gasteiger charge is 2.26. The molecule has 4 heterocycles. The number of pyridine rings is 1. The summed E-state index contributed by atoms with van der Waals surface area (Å²) in [6.45, 7) is 8.84. The minimum absolute atomic E-state index is 0.200. The zero-order chi connectivity index (χ0) is 25.4. The van der Waals surface area contributed by atoms with E-state index < -0.39 is 18.1 Å². The fourth-order valence-electron chi connectivity index (χ4n) is 5.42. The number of aliphatic hydroxyl groups excluding tert-OH is 1. The molecule has 0 saturated carbocycles. The molecule has 2 aliphatic heterocycles. The second-order valence-corrected chi connectivity index (χ2v) is 10.2. The molecule has 36 heavy (non-hydrogen) atoms. The largest absolute Gasteiger partial charge is 0.389 e. The number of alkyl halides is 1. The van der Waals surface area contributed by atoms with Crippen LogP contribution in [0, 0.1) is 12.7 Å². The summed E-state index contributed by atoms with van der Waals surface area (Å²) in [5.74, 6) is -0.0508. The van der Waals surface area contributed by atoms with Gasteiger partial charge in [0.1, 0.15) is 11.9 Å². The summed E-state index contributed by atoms with van der Waals surface area (Å²) in [4.78, 5) is 15.5. The molecule has 0 aliphatic carbocycles. The monoisotopic (exact) mass is 497 g/mol. The van der Waals surface area contributed by atoms with Crippen molar-refractivity contribution < 1.29 is 18.6 Å². The number of hydrogen-bond donors (Lipinski definition) is 2. The molecule has 2 saturated heterocycles. The van der Waals surface area contributed by atoms with Gasteiger partial charge in [0.05, 0.1) is 30.5 Å². The summed E-state index contributed by atoms with van der Waals surface area (Å²) in [7, 11) is 0. The first-order valence-corrected chi connectivity index (χ1v) is 12.6. The van der Waals surface area contributed by atoms with Gasteiger partial charge < -0.3 is 15.2 Å². The van der Waals surface area contributed by atoms with E-state index >= 15 is 4.39 Å². The van der Waals surface area contributed by atoms with Crippen LogP contribution in [-0.2, 0) is 11.3 Å². The summed E-state index contributed by atoms with van der Waals surface area (Å²) < 4.78 is 34.1. The highest BCUT2D eigenvalue weighted by atomic mass is 19.1. The number of nitrogens with zero attached hydrogens (tertiary/aromatic N) is 4. The fourth-order valence-corrected chi connectivity index (χ4v) is 5.42. The first kappa shape index (κ1) is 24.9. The van der Waals surface area contributed by atoms with E-state index in [0.29, 0.717) is 38.1 Å². The second-order valence-electron chi connectivity index (χ2n) is 10.2. The number of likely N-dealkylation sites (tertiary alicyclic amines) is 1. The fraction of sp³-hybridized carbons (Fsp3) is 0.519. The van der Waals surface area contributed by atoms with Crippen LogP contribution in [0.2, 0.25) is 0 Å². The molecule has 2 N–H and O–H groups in total. The molecule has 0 amide bonds. The lowest BCUT2D eigenvalue weighted by atomic mass is 9.89. The number of fused-ring (bicyclic) bond motifs is 1. The molecule has 0 bridgehead atoms. The van der Waals surface area contributed by atoms with Gasteiger partial charge in [0.15, 0.2) is 5.82 Å². The Kier molecular flexibility index (Phi) is 7.14. The Morgan fingerprint density at radius 1 is 1.22 bits per heavy atom. The third kappa shape index (κ3) is 4.92. The molecule has 2 aliphatic rings. The number of aliphatic hydroxyl groups is 1. The summed E-state index contributed by atoms with van der Waals surface area (Å²) in [6, 6.07) is 3.49. The van der Waals surface area contributed by atoms with Crippen LogP contribution in [0.5, 0.6) is 0 Å². The third-order valence-electron chi connectivity index (χ3n) is 7.24. The SMILES string of the molecule is Cc1c(-c2nc(N[C@@H]3CCOC[C@H]3O)ncc2F)ccc2ncc(CN3CC[C@H](F)C3)c(C(C)C)c12. The number of ether oxygens (including phenoxy) is 1. The molecule has 192 valence electrons. The molecule has 0 unspecified atom stereocenters. The molecule has 9 heteroatoms. The standard InChI is InChI=1S/C27H33F2N5O2/c1-15(2)24-17(12-34-8-6-18(28)13-34)10-30-22-5-4-19(16(3)25(22)24)26-20(29)11-31-27(33-26)32-21-7-9-36-14-23(21)35/h4-5,10-11,15,18,21,23,35H,6-9,12-14H2,1-3H3,(H,31,32,33)/t18-,21+,23+/m0/s1. The van der Waals surface area contributed by atoms with Crippen molar-refractivity contribution in [3.05, 3.63) is 47.0 Å². The Morgan fingerprint density at radius 2 is 2.06 bits per heavy atom. The minimum Gasteiger partial charge on any atom is -0.389 e. The van der Waals surface area contributed by atoms with Crippen molar-refractivity contribution in [3.8, 4) is 11.3 Å². The maximum Gasteiger partial charge on any atom is 0.223 e. The molecule has 3 aromatic rings. The van der Waals surface area contributed by atoms with Crippen LogP contribution in [-0.4, -0.2) is 69.6 Å². The van der Waals surface area contributed by atoms with Crippen LogP contribution in [0.3, 0.4) is 0 Å². The average molecular weight is 498 g/mol. The zero-order valence-corrected chi connectivity index (χ0v) is 21.0. The number of benzene rings is 1. The van der Waals surface area contributed by atoms with Gasteiger partial charge in [-0.05, 0) is 48.4 Å². The van der Waals surface area contributed by atoms with Gasteiger partial charge in [0.2, 0.25) is 5.95 Å². The lowest BCUT2D eigenvalue weighted by Gasteiger charge is -2.28. The first-order chi connectivity index (χ1) is 17.3. The molecule has 5 rings (SSSR count). The molecular weight excluding hydrogens is 464 g/mol. The smallest absolute Gasteiger partial charge is 0.223 e. The third-order valence-corrected chi connectivity index (χ3v) is 7.24. The number of hydrogen-bond acceptors (Lipinski definition) is 7. The van der Waals surface area contributed by atoms with Gasteiger partial charge in [-0.2, -0.15) is 0 Å². The van der Waals surface area contributed by atoms with Crippen molar-refractivity contribution >= 4 is 16.9 Å². The van der Waals surface area contributed by atoms with Gasteiger partial charge in [-0.1, -0.05) is 19.9 Å². The van der Waals surface area contributed by atoms with E-state index in [4.69, 9.17) is 9.72 Å². The van der Waals surface area contributed by atoms with E-state index in [1.807, 2.05) is 25.3 Å². The van der Waals surface area contributed by atoms with Crippen LogP contribution >= 0.6 is 0 Å². The lowest BCUT2D eigenvalue weighted by Crippen LogP contribution is -2.42. The number of halogens is 2. The van der Waals surface area contributed by atoms with Crippen molar-refractivity contribution in [1.82, 2.24) is 19.9 Å². The summed E-state index contributed by atoms with van der Waals surface area (Å²) in [6.07, 6.45) is 2.78. The summed E-state index contributed by atoms with van der Waals surface area (Å²) in [5.41, 5.74) is 4.83. The predicted molar refractivity (Wildman–Crippen MR) is 135 cm³/mol. The van der Waals surface area contributed by atoms with Gasteiger partial charge in [-0.15, -0.1) is 0 Å². The van der Waals surface area contributed by atoms with Crippen molar-refractivity contribution in [3.63, 3.8) is 0 Å². The molecule has 0 radical (unpaired) electrons. The van der Waals surface area contributed by atoms with E-state index in [9.17, 15) is 9.50 Å². The van der Waals surface area contributed by atoms with E-state index in [1.54, 1.807) is 0 Å². The van der Waals surface area contributed by atoms with E-state index in [-0.39, 0.29) is 30.2 Å². The molecular formula is C27H33F2N5O2. The summed E-state index contributed by atoms with van der Waals surface area (Å²) in [5, 5.41) is 14.3. The molecule has 3 atom stereocenters. The predicted octanol–water partition coefficient (Wildman–Crippen LogP) is 4.37. The van der Waals surface area contributed by atoms with Crippen LogP contribution in [0.4, 0.5) is 14.7 Å². The van der Waals surface area contributed by atoms with Crippen molar-refractivity contribution in [2.24, 2.45) is 0 Å². The van der Waals surface area contributed by atoms with E-state index in [0.717, 1.165) is 34.1 Å². The minimum atomic E-state index is -0.778. The number of rotatable bonds is 6. The Morgan fingerprint density at radius 3 is 2.78 bits per heavy atom. The Balaban J connectivity index is 1.55. The number of aromatic nitrogens is 3. The maximum atomic E-state index is 15.1. The van der Waals surface area contributed by atoms with Gasteiger partial charge in [-0.3, -0.25) is 9.88 Å².